The van der Waals surface area contributed by atoms with Crippen molar-refractivity contribution >= 4 is 21.6 Å². The van der Waals surface area contributed by atoms with E-state index in [9.17, 15) is 13.2 Å². The molecule has 0 radical (unpaired) electrons. The number of piperidine rings is 1. The largest absolute Gasteiger partial charge is 0.496 e. The van der Waals surface area contributed by atoms with Crippen LogP contribution in [0.15, 0.2) is 41.3 Å². The second kappa shape index (κ2) is 9.62. The number of benzene rings is 2. The van der Waals surface area contributed by atoms with Gasteiger partial charge < -0.3 is 10.1 Å². The fourth-order valence-corrected chi connectivity index (χ4v) is 5.35. The third kappa shape index (κ3) is 5.21. The summed E-state index contributed by atoms with van der Waals surface area (Å²) < 4.78 is 32.9. The van der Waals surface area contributed by atoms with E-state index in [1.54, 1.807) is 29.6 Å². The zero-order chi connectivity index (χ0) is 21.7. The zero-order valence-electron chi connectivity index (χ0n) is 17.9. The van der Waals surface area contributed by atoms with Gasteiger partial charge in [0.05, 0.1) is 12.0 Å². The van der Waals surface area contributed by atoms with Crippen LogP contribution in [0.5, 0.6) is 5.75 Å². The lowest BCUT2D eigenvalue weighted by Gasteiger charge is -2.26. The van der Waals surface area contributed by atoms with Crippen molar-refractivity contribution in [3.63, 3.8) is 0 Å². The van der Waals surface area contributed by atoms with Gasteiger partial charge in [-0.25, -0.2) is 8.42 Å². The molecule has 2 aromatic rings. The van der Waals surface area contributed by atoms with Crippen molar-refractivity contribution in [1.82, 2.24) is 4.31 Å². The summed E-state index contributed by atoms with van der Waals surface area (Å²) in [5, 5.41) is 2.94. The van der Waals surface area contributed by atoms with Gasteiger partial charge in [0.2, 0.25) is 15.9 Å². The van der Waals surface area contributed by atoms with E-state index in [2.05, 4.69) is 5.32 Å². The van der Waals surface area contributed by atoms with Crippen LogP contribution < -0.4 is 10.1 Å². The maximum atomic E-state index is 13.0. The number of nitrogens with zero attached hydrogens (tertiary/aromatic N) is 1. The van der Waals surface area contributed by atoms with Crippen molar-refractivity contribution in [2.45, 2.75) is 50.8 Å². The molecular weight excluding hydrogens is 400 g/mol. The van der Waals surface area contributed by atoms with Crippen molar-refractivity contribution in [1.29, 1.82) is 0 Å². The first-order valence-corrected chi connectivity index (χ1v) is 11.8. The topological polar surface area (TPSA) is 75.7 Å². The summed E-state index contributed by atoms with van der Waals surface area (Å²) in [6, 6.07) is 10.8. The molecule has 0 aromatic heterocycles. The molecule has 0 saturated carbocycles. The van der Waals surface area contributed by atoms with Gasteiger partial charge in [-0.1, -0.05) is 24.1 Å². The van der Waals surface area contributed by atoms with Gasteiger partial charge in [-0.15, -0.1) is 0 Å². The first-order chi connectivity index (χ1) is 14.3. The number of hydrogen-bond donors (Lipinski definition) is 1. The Morgan fingerprint density at radius 1 is 1.07 bits per heavy atom. The van der Waals surface area contributed by atoms with E-state index in [1.165, 1.54) is 0 Å². The highest BCUT2D eigenvalue weighted by Gasteiger charge is 2.26. The molecule has 3 rings (SSSR count). The molecule has 0 bridgehead atoms. The van der Waals surface area contributed by atoms with Crippen LogP contribution in [0.2, 0.25) is 0 Å². The minimum Gasteiger partial charge on any atom is -0.496 e. The minimum absolute atomic E-state index is 0.117. The van der Waals surface area contributed by atoms with Crippen LogP contribution in [0.4, 0.5) is 5.69 Å². The number of amides is 1. The molecule has 1 amide bonds. The average Bonchev–Trinajstić information content (AvgIpc) is 2.74. The number of hydrogen-bond acceptors (Lipinski definition) is 4. The third-order valence-corrected chi connectivity index (χ3v) is 7.38. The Bertz CT molecular complexity index is 1010. The number of nitrogens with one attached hydrogen (secondary N) is 1. The van der Waals surface area contributed by atoms with E-state index in [-0.39, 0.29) is 17.2 Å². The van der Waals surface area contributed by atoms with Crippen molar-refractivity contribution in [2.75, 3.05) is 25.5 Å². The fraction of sp³-hybridized carbons (Fsp3) is 0.435. The fourth-order valence-electron chi connectivity index (χ4n) is 3.78. The van der Waals surface area contributed by atoms with E-state index in [1.807, 2.05) is 32.0 Å². The summed E-state index contributed by atoms with van der Waals surface area (Å²) in [5.41, 5.74) is 3.66. The van der Waals surface area contributed by atoms with Crippen LogP contribution in [0.25, 0.3) is 0 Å². The maximum Gasteiger partial charge on any atom is 0.243 e. The number of sulfonamides is 1. The summed E-state index contributed by atoms with van der Waals surface area (Å²) in [6.45, 7) is 5.08. The lowest BCUT2D eigenvalue weighted by molar-refractivity contribution is -0.116. The Labute approximate surface area is 179 Å². The summed E-state index contributed by atoms with van der Waals surface area (Å²) in [4.78, 5) is 12.7. The van der Waals surface area contributed by atoms with Gasteiger partial charge in [-0.05, 0) is 68.5 Å². The van der Waals surface area contributed by atoms with Gasteiger partial charge in [0, 0.05) is 25.2 Å². The Balaban J connectivity index is 1.73. The van der Waals surface area contributed by atoms with E-state index >= 15 is 0 Å². The third-order valence-electron chi connectivity index (χ3n) is 5.48. The van der Waals surface area contributed by atoms with Crippen molar-refractivity contribution in [2.24, 2.45) is 0 Å². The predicted octanol–water partition coefficient (Wildman–Crippen LogP) is 4.06. The Hall–Kier alpha value is -2.38. The molecule has 0 atom stereocenters. The molecule has 0 unspecified atom stereocenters. The van der Waals surface area contributed by atoms with Crippen molar-refractivity contribution in [3.8, 4) is 5.75 Å². The van der Waals surface area contributed by atoms with Crippen LogP contribution in [-0.4, -0.2) is 38.8 Å². The normalized spacial score (nSPS) is 15.0. The molecule has 1 N–H and O–H groups in total. The molecule has 1 saturated heterocycles. The average molecular weight is 431 g/mol. The molecule has 30 heavy (non-hydrogen) atoms. The number of methoxy groups -OCH3 is 1. The van der Waals surface area contributed by atoms with E-state index < -0.39 is 10.0 Å². The molecule has 1 heterocycles. The number of aryl methyl sites for hydroxylation is 3. The first-order valence-electron chi connectivity index (χ1n) is 10.4. The molecule has 6 nitrogen and oxygen atoms in total. The van der Waals surface area contributed by atoms with Gasteiger partial charge in [0.1, 0.15) is 5.75 Å². The highest BCUT2D eigenvalue weighted by molar-refractivity contribution is 7.89. The summed E-state index contributed by atoms with van der Waals surface area (Å²) >= 11 is 0. The van der Waals surface area contributed by atoms with Gasteiger partial charge in [0.25, 0.3) is 0 Å². The molecule has 7 heteroatoms. The van der Waals surface area contributed by atoms with Crippen molar-refractivity contribution < 1.29 is 17.9 Å². The van der Waals surface area contributed by atoms with Crippen LogP contribution in [0, 0.1) is 13.8 Å². The predicted molar refractivity (Wildman–Crippen MR) is 118 cm³/mol. The summed E-state index contributed by atoms with van der Waals surface area (Å²) in [7, 11) is -1.98. The first kappa shape index (κ1) is 22.3. The summed E-state index contributed by atoms with van der Waals surface area (Å²) in [6.07, 6.45) is 3.47. The van der Waals surface area contributed by atoms with E-state index in [0.717, 1.165) is 36.1 Å². The van der Waals surface area contributed by atoms with E-state index in [0.29, 0.717) is 30.8 Å². The lowest BCUT2D eigenvalue weighted by atomic mass is 10.1. The molecule has 162 valence electrons. The minimum atomic E-state index is -3.53. The number of carbonyl (C=O) groups excluding carboxylic acids is 1. The zero-order valence-corrected chi connectivity index (χ0v) is 18.7. The van der Waals surface area contributed by atoms with E-state index in [4.69, 9.17) is 4.74 Å². The second-order valence-electron chi connectivity index (χ2n) is 7.80. The lowest BCUT2D eigenvalue weighted by Crippen LogP contribution is -2.35. The molecule has 1 aliphatic heterocycles. The highest BCUT2D eigenvalue weighted by atomic mass is 32.2. The maximum absolute atomic E-state index is 13.0. The van der Waals surface area contributed by atoms with Crippen LogP contribution in [-0.2, 0) is 21.2 Å². The Kier molecular flexibility index (Phi) is 7.15. The molecule has 1 fully saturated rings. The number of ether oxygens (including phenoxy) is 1. The Morgan fingerprint density at radius 2 is 1.80 bits per heavy atom. The molecule has 2 aromatic carbocycles. The quantitative estimate of drug-likeness (QED) is 0.719. The van der Waals surface area contributed by atoms with Crippen LogP contribution >= 0.6 is 0 Å². The van der Waals surface area contributed by atoms with Crippen LogP contribution in [0.3, 0.4) is 0 Å². The SMILES string of the molecule is COc1ccc(S(=O)(=O)N2CCCCC2)cc1CCC(=O)Nc1ccc(C)cc1C. The van der Waals surface area contributed by atoms with Gasteiger partial charge in [0.15, 0.2) is 0 Å². The van der Waals surface area contributed by atoms with Gasteiger partial charge >= 0.3 is 0 Å². The molecule has 1 aliphatic rings. The van der Waals surface area contributed by atoms with Gasteiger partial charge in [-0.2, -0.15) is 4.31 Å². The smallest absolute Gasteiger partial charge is 0.243 e. The monoisotopic (exact) mass is 430 g/mol. The Morgan fingerprint density at radius 3 is 2.47 bits per heavy atom. The highest BCUT2D eigenvalue weighted by Crippen LogP contribution is 2.27. The molecular formula is C23H30N2O4S. The standard InChI is InChI=1S/C23H30N2O4S/c1-17-7-10-21(18(2)15-17)24-23(26)12-8-19-16-20(9-11-22(19)29-3)30(27,28)25-13-5-4-6-14-25/h7,9-11,15-16H,4-6,8,12-14H2,1-3H3,(H,24,26). The van der Waals surface area contributed by atoms with Gasteiger partial charge in [-0.3, -0.25) is 4.79 Å². The van der Waals surface area contributed by atoms with Crippen molar-refractivity contribution in [3.05, 3.63) is 53.1 Å². The number of rotatable bonds is 7. The number of carbonyl (C=O) groups is 1. The molecule has 0 spiro atoms. The van der Waals surface area contributed by atoms with Crippen LogP contribution in [0.1, 0.15) is 42.4 Å². The number of anilines is 1. The summed E-state index contributed by atoms with van der Waals surface area (Å²) in [5.74, 6) is 0.472. The second-order valence-corrected chi connectivity index (χ2v) is 9.74. The molecule has 0 aliphatic carbocycles.